The van der Waals surface area contributed by atoms with Gasteiger partial charge in [0.2, 0.25) is 0 Å². The highest BCUT2D eigenvalue weighted by molar-refractivity contribution is 5.17. The summed E-state index contributed by atoms with van der Waals surface area (Å²) in [4.78, 5) is 0. The third kappa shape index (κ3) is 5.19. The highest BCUT2D eigenvalue weighted by Crippen LogP contribution is 2.17. The molecule has 0 heterocycles. The molecule has 0 aliphatic rings. The van der Waals surface area contributed by atoms with Gasteiger partial charge in [-0.1, -0.05) is 30.3 Å². The first-order valence-corrected chi connectivity index (χ1v) is 5.31. The SMILES string of the molecule is CC(CO)(Cc1ccccc1)NCC(F)(F)F. The van der Waals surface area contributed by atoms with Crippen LogP contribution in [0.2, 0.25) is 0 Å². The van der Waals surface area contributed by atoms with E-state index in [4.69, 9.17) is 0 Å². The molecule has 17 heavy (non-hydrogen) atoms. The molecular formula is C12H16F3NO. The van der Waals surface area contributed by atoms with Crippen LogP contribution in [0.25, 0.3) is 0 Å². The maximum Gasteiger partial charge on any atom is 0.401 e. The second kappa shape index (κ2) is 5.51. The average molecular weight is 247 g/mol. The Hall–Kier alpha value is -1.07. The smallest absolute Gasteiger partial charge is 0.394 e. The molecule has 1 aromatic carbocycles. The van der Waals surface area contributed by atoms with Crippen LogP contribution in [0.3, 0.4) is 0 Å². The first-order chi connectivity index (χ1) is 7.85. The zero-order valence-corrected chi connectivity index (χ0v) is 9.59. The Morgan fingerprint density at radius 1 is 1.18 bits per heavy atom. The number of alkyl halides is 3. The summed E-state index contributed by atoms with van der Waals surface area (Å²) in [6, 6.07) is 9.11. The van der Waals surface area contributed by atoms with Gasteiger partial charge in [-0.05, 0) is 18.9 Å². The highest BCUT2D eigenvalue weighted by atomic mass is 19.4. The third-order valence-electron chi connectivity index (χ3n) is 2.50. The normalized spacial score (nSPS) is 15.6. The number of rotatable bonds is 5. The van der Waals surface area contributed by atoms with Gasteiger partial charge in [-0.15, -0.1) is 0 Å². The minimum atomic E-state index is -4.27. The zero-order valence-electron chi connectivity index (χ0n) is 9.59. The van der Waals surface area contributed by atoms with Crippen LogP contribution in [0.5, 0.6) is 0 Å². The van der Waals surface area contributed by atoms with E-state index in [1.54, 1.807) is 6.92 Å². The van der Waals surface area contributed by atoms with Crippen LogP contribution in [-0.2, 0) is 6.42 Å². The van der Waals surface area contributed by atoms with Crippen LogP contribution in [-0.4, -0.2) is 30.0 Å². The molecule has 0 saturated carbocycles. The molecule has 5 heteroatoms. The fraction of sp³-hybridized carbons (Fsp3) is 0.500. The lowest BCUT2D eigenvalue weighted by molar-refractivity contribution is -0.129. The van der Waals surface area contributed by atoms with Gasteiger partial charge in [0.15, 0.2) is 0 Å². The summed E-state index contributed by atoms with van der Waals surface area (Å²) in [5.74, 6) is 0. The van der Waals surface area contributed by atoms with Gasteiger partial charge in [0.25, 0.3) is 0 Å². The number of halogens is 3. The molecule has 2 N–H and O–H groups in total. The molecule has 0 aliphatic heterocycles. The monoisotopic (exact) mass is 247 g/mol. The molecular weight excluding hydrogens is 231 g/mol. The van der Waals surface area contributed by atoms with Crippen LogP contribution in [0.4, 0.5) is 13.2 Å². The topological polar surface area (TPSA) is 32.3 Å². The average Bonchev–Trinajstić information content (AvgIpc) is 2.27. The summed E-state index contributed by atoms with van der Waals surface area (Å²) < 4.78 is 36.4. The number of aliphatic hydroxyl groups is 1. The maximum absolute atomic E-state index is 12.1. The Balaban J connectivity index is 2.63. The van der Waals surface area contributed by atoms with E-state index in [1.165, 1.54) is 0 Å². The summed E-state index contributed by atoms with van der Waals surface area (Å²) in [5, 5.41) is 11.6. The van der Waals surface area contributed by atoms with Crippen molar-refractivity contribution in [3.8, 4) is 0 Å². The van der Waals surface area contributed by atoms with Crippen LogP contribution in [0.15, 0.2) is 30.3 Å². The Bertz CT molecular complexity index is 339. The molecule has 1 aromatic rings. The molecule has 0 aromatic heterocycles. The van der Waals surface area contributed by atoms with Gasteiger partial charge in [0.1, 0.15) is 0 Å². The largest absolute Gasteiger partial charge is 0.401 e. The van der Waals surface area contributed by atoms with Gasteiger partial charge < -0.3 is 10.4 Å². The molecule has 1 atom stereocenters. The van der Waals surface area contributed by atoms with Crippen molar-refractivity contribution in [3.05, 3.63) is 35.9 Å². The van der Waals surface area contributed by atoms with Gasteiger partial charge >= 0.3 is 6.18 Å². The zero-order chi connectivity index (χ0) is 12.9. The lowest BCUT2D eigenvalue weighted by atomic mass is 9.93. The molecule has 0 amide bonds. The summed E-state index contributed by atoms with van der Waals surface area (Å²) in [7, 11) is 0. The fourth-order valence-corrected chi connectivity index (χ4v) is 1.53. The van der Waals surface area contributed by atoms with Gasteiger partial charge in [0, 0.05) is 5.54 Å². The van der Waals surface area contributed by atoms with E-state index in [-0.39, 0.29) is 6.61 Å². The molecule has 1 rings (SSSR count). The van der Waals surface area contributed by atoms with Crippen molar-refractivity contribution in [2.75, 3.05) is 13.2 Å². The van der Waals surface area contributed by atoms with Gasteiger partial charge in [-0.2, -0.15) is 13.2 Å². The van der Waals surface area contributed by atoms with Crippen molar-refractivity contribution < 1.29 is 18.3 Å². The van der Waals surface area contributed by atoms with E-state index < -0.39 is 18.3 Å². The third-order valence-corrected chi connectivity index (χ3v) is 2.50. The predicted molar refractivity (Wildman–Crippen MR) is 59.7 cm³/mol. The first kappa shape index (κ1) is 14.0. The molecule has 1 unspecified atom stereocenters. The molecule has 0 aliphatic carbocycles. The van der Waals surface area contributed by atoms with Crippen LogP contribution >= 0.6 is 0 Å². The number of nitrogens with one attached hydrogen (secondary N) is 1. The molecule has 0 fully saturated rings. The van der Waals surface area contributed by atoms with Gasteiger partial charge in [0.05, 0.1) is 13.2 Å². The van der Waals surface area contributed by atoms with Crippen molar-refractivity contribution in [2.24, 2.45) is 0 Å². The predicted octanol–water partition coefficient (Wildman–Crippen LogP) is 2.13. The van der Waals surface area contributed by atoms with E-state index in [2.05, 4.69) is 5.32 Å². The number of hydrogen-bond acceptors (Lipinski definition) is 2. The van der Waals surface area contributed by atoms with Crippen molar-refractivity contribution in [2.45, 2.75) is 25.1 Å². The Morgan fingerprint density at radius 2 is 1.76 bits per heavy atom. The minimum absolute atomic E-state index is 0.348. The minimum Gasteiger partial charge on any atom is -0.394 e. The molecule has 0 saturated heterocycles. The number of hydrogen-bond donors (Lipinski definition) is 2. The second-order valence-corrected chi connectivity index (χ2v) is 4.35. The quantitative estimate of drug-likeness (QED) is 0.835. The lowest BCUT2D eigenvalue weighted by Crippen LogP contribution is -2.51. The summed E-state index contributed by atoms with van der Waals surface area (Å²) >= 11 is 0. The Morgan fingerprint density at radius 3 is 2.24 bits per heavy atom. The second-order valence-electron chi connectivity index (χ2n) is 4.35. The highest BCUT2D eigenvalue weighted by Gasteiger charge is 2.32. The van der Waals surface area contributed by atoms with Crippen LogP contribution in [0, 0.1) is 0 Å². The summed E-state index contributed by atoms with van der Waals surface area (Å²) in [5.41, 5.74) is -0.0737. The van der Waals surface area contributed by atoms with Crippen molar-refractivity contribution in [1.29, 1.82) is 0 Å². The molecule has 0 bridgehead atoms. The number of benzene rings is 1. The first-order valence-electron chi connectivity index (χ1n) is 5.31. The van der Waals surface area contributed by atoms with E-state index in [1.807, 2.05) is 30.3 Å². The van der Waals surface area contributed by atoms with E-state index in [0.29, 0.717) is 6.42 Å². The van der Waals surface area contributed by atoms with Gasteiger partial charge in [-0.25, -0.2) is 0 Å². The van der Waals surface area contributed by atoms with Gasteiger partial charge in [-0.3, -0.25) is 0 Å². The lowest BCUT2D eigenvalue weighted by Gasteiger charge is -2.29. The van der Waals surface area contributed by atoms with E-state index in [9.17, 15) is 18.3 Å². The molecule has 0 spiro atoms. The molecule has 96 valence electrons. The summed E-state index contributed by atoms with van der Waals surface area (Å²) in [6.45, 7) is 0.126. The summed E-state index contributed by atoms with van der Waals surface area (Å²) in [6.07, 6.45) is -3.92. The molecule has 0 radical (unpaired) electrons. The number of aliphatic hydroxyl groups excluding tert-OH is 1. The van der Waals surface area contributed by atoms with Crippen LogP contribution in [0.1, 0.15) is 12.5 Å². The van der Waals surface area contributed by atoms with E-state index in [0.717, 1.165) is 5.56 Å². The maximum atomic E-state index is 12.1. The Kier molecular flexibility index (Phi) is 4.54. The Labute approximate surface area is 98.5 Å². The van der Waals surface area contributed by atoms with Crippen molar-refractivity contribution >= 4 is 0 Å². The van der Waals surface area contributed by atoms with Crippen molar-refractivity contribution in [1.82, 2.24) is 5.32 Å². The fourth-order valence-electron chi connectivity index (χ4n) is 1.53. The standard InChI is InChI=1S/C12H16F3NO/c1-11(9-17,16-8-12(13,14)15)7-10-5-3-2-4-6-10/h2-6,16-17H,7-9H2,1H3. The van der Waals surface area contributed by atoms with Crippen molar-refractivity contribution in [3.63, 3.8) is 0 Å². The van der Waals surface area contributed by atoms with Crippen LogP contribution < -0.4 is 5.32 Å². The molecule has 2 nitrogen and oxygen atoms in total. The van der Waals surface area contributed by atoms with E-state index >= 15 is 0 Å².